The minimum absolute atomic E-state index is 0.0760. The fourth-order valence-electron chi connectivity index (χ4n) is 2.40. The lowest BCUT2D eigenvalue weighted by Crippen LogP contribution is -2.13. The number of aryl methyl sites for hydroxylation is 2. The van der Waals surface area contributed by atoms with Crippen LogP contribution >= 0.6 is 11.3 Å². The van der Waals surface area contributed by atoms with E-state index in [9.17, 15) is 14.9 Å². The highest BCUT2D eigenvalue weighted by Gasteiger charge is 2.18. The van der Waals surface area contributed by atoms with Gasteiger partial charge in [-0.25, -0.2) is 4.98 Å². The van der Waals surface area contributed by atoms with Crippen LogP contribution in [0.25, 0.3) is 10.2 Å². The molecule has 130 valence electrons. The lowest BCUT2D eigenvalue weighted by atomic mass is 10.2. The Hall–Kier alpha value is -2.94. The number of nitrogens with one attached hydrogen (secondary N) is 1. The molecule has 0 saturated carbocycles. The maximum atomic E-state index is 12.2. The van der Waals surface area contributed by atoms with E-state index >= 15 is 0 Å². The molecule has 3 rings (SSSR count). The highest BCUT2D eigenvalue weighted by atomic mass is 32.1. The van der Waals surface area contributed by atoms with Gasteiger partial charge in [-0.3, -0.25) is 14.9 Å². The Balaban J connectivity index is 1.91. The van der Waals surface area contributed by atoms with E-state index in [2.05, 4.69) is 9.97 Å². The maximum absolute atomic E-state index is 12.2. The van der Waals surface area contributed by atoms with Crippen molar-refractivity contribution < 1.29 is 14.4 Å². The molecule has 0 aliphatic heterocycles. The van der Waals surface area contributed by atoms with Gasteiger partial charge in [0.05, 0.1) is 23.5 Å². The number of methoxy groups -OCH3 is 1. The highest BCUT2D eigenvalue weighted by molar-refractivity contribution is 7.18. The third-order valence-electron chi connectivity index (χ3n) is 3.82. The van der Waals surface area contributed by atoms with E-state index in [0.717, 1.165) is 10.4 Å². The molecule has 0 saturated heterocycles. The predicted octanol–water partition coefficient (Wildman–Crippen LogP) is 3.10. The minimum Gasteiger partial charge on any atom is -0.496 e. The van der Waals surface area contributed by atoms with Crippen LogP contribution in [-0.4, -0.2) is 22.0 Å². The van der Waals surface area contributed by atoms with Gasteiger partial charge in [-0.1, -0.05) is 0 Å². The van der Waals surface area contributed by atoms with Crippen molar-refractivity contribution in [1.82, 2.24) is 9.97 Å². The van der Waals surface area contributed by atoms with Crippen LogP contribution in [0.1, 0.15) is 16.3 Å². The number of rotatable bonds is 5. The third kappa shape index (κ3) is 3.18. The summed E-state index contributed by atoms with van der Waals surface area (Å²) in [6.45, 7) is 3.72. The number of thiophene rings is 1. The number of ether oxygens (including phenoxy) is 2. The smallest absolute Gasteiger partial charge is 0.314 e. The molecule has 2 aromatic heterocycles. The van der Waals surface area contributed by atoms with Crippen LogP contribution in [0, 0.1) is 24.0 Å². The number of nitro benzene ring substituents is 1. The van der Waals surface area contributed by atoms with E-state index in [1.54, 1.807) is 6.07 Å². The van der Waals surface area contributed by atoms with Crippen LogP contribution in [0.2, 0.25) is 0 Å². The number of hydrogen-bond donors (Lipinski definition) is 1. The van der Waals surface area contributed by atoms with E-state index in [1.807, 2.05) is 13.8 Å². The molecular formula is C16H15N3O5S. The van der Waals surface area contributed by atoms with Gasteiger partial charge in [0.25, 0.3) is 5.56 Å². The van der Waals surface area contributed by atoms with Crippen molar-refractivity contribution >= 4 is 27.2 Å². The van der Waals surface area contributed by atoms with Crippen LogP contribution in [0.5, 0.6) is 11.5 Å². The van der Waals surface area contributed by atoms with Gasteiger partial charge in [0.1, 0.15) is 23.0 Å². The van der Waals surface area contributed by atoms with E-state index in [-0.39, 0.29) is 23.6 Å². The van der Waals surface area contributed by atoms with Crippen LogP contribution in [0.3, 0.4) is 0 Å². The second-order valence-electron chi connectivity index (χ2n) is 5.36. The summed E-state index contributed by atoms with van der Waals surface area (Å²) in [6.07, 6.45) is 0. The molecule has 1 aromatic carbocycles. The molecule has 0 amide bonds. The largest absolute Gasteiger partial charge is 0.496 e. The number of hydrogen-bond acceptors (Lipinski definition) is 7. The Bertz CT molecular complexity index is 1020. The molecule has 0 aliphatic carbocycles. The third-order valence-corrected chi connectivity index (χ3v) is 4.92. The monoisotopic (exact) mass is 361 g/mol. The first kappa shape index (κ1) is 16.9. The predicted molar refractivity (Wildman–Crippen MR) is 93.7 cm³/mol. The summed E-state index contributed by atoms with van der Waals surface area (Å²) < 4.78 is 10.5. The number of nitro groups is 1. The second-order valence-corrected chi connectivity index (χ2v) is 6.56. The lowest BCUT2D eigenvalue weighted by Gasteiger charge is -2.07. The quantitative estimate of drug-likeness (QED) is 0.553. The number of aromatic nitrogens is 2. The zero-order valence-electron chi connectivity index (χ0n) is 13.8. The zero-order chi connectivity index (χ0) is 18.1. The molecule has 0 radical (unpaired) electrons. The molecule has 0 spiro atoms. The molecule has 9 heteroatoms. The highest BCUT2D eigenvalue weighted by Crippen LogP contribution is 2.31. The maximum Gasteiger partial charge on any atom is 0.314 e. The van der Waals surface area contributed by atoms with E-state index in [0.29, 0.717) is 21.8 Å². The van der Waals surface area contributed by atoms with E-state index < -0.39 is 4.92 Å². The van der Waals surface area contributed by atoms with Crippen molar-refractivity contribution in [3.63, 3.8) is 0 Å². The van der Waals surface area contributed by atoms with Crippen LogP contribution in [0.4, 0.5) is 5.69 Å². The molecule has 0 bridgehead atoms. The van der Waals surface area contributed by atoms with Gasteiger partial charge in [-0.05, 0) is 31.5 Å². The zero-order valence-corrected chi connectivity index (χ0v) is 14.6. The first-order valence-electron chi connectivity index (χ1n) is 7.35. The topological polar surface area (TPSA) is 107 Å². The van der Waals surface area contributed by atoms with Gasteiger partial charge in [0.15, 0.2) is 5.75 Å². The first-order chi connectivity index (χ1) is 11.9. The Morgan fingerprint density at radius 2 is 2.12 bits per heavy atom. The summed E-state index contributed by atoms with van der Waals surface area (Å²) in [5.41, 5.74) is 0.451. The molecule has 0 atom stereocenters. The van der Waals surface area contributed by atoms with Crippen LogP contribution in [0.15, 0.2) is 23.0 Å². The summed E-state index contributed by atoms with van der Waals surface area (Å²) in [7, 11) is 1.43. The molecular weight excluding hydrogens is 346 g/mol. The SMILES string of the molecule is COc1ccc(OCc2nc3sc(C)c(C)c3c(=O)[nH]2)c([N+](=O)[O-])c1. The van der Waals surface area contributed by atoms with Gasteiger partial charge in [0.2, 0.25) is 0 Å². The number of aromatic amines is 1. The van der Waals surface area contributed by atoms with E-state index in [4.69, 9.17) is 9.47 Å². The molecule has 3 aromatic rings. The first-order valence-corrected chi connectivity index (χ1v) is 8.16. The number of benzene rings is 1. The standard InChI is InChI=1S/C16H15N3O5S/c1-8-9(2)25-16-14(8)15(20)17-13(18-16)7-24-12-5-4-10(23-3)6-11(12)19(21)22/h4-6H,7H2,1-3H3,(H,17,18,20). The molecule has 0 unspecified atom stereocenters. The Morgan fingerprint density at radius 3 is 2.80 bits per heavy atom. The molecule has 0 aliphatic rings. The summed E-state index contributed by atoms with van der Waals surface area (Å²) in [5.74, 6) is 0.743. The number of H-pyrrole nitrogens is 1. The number of fused-ring (bicyclic) bond motifs is 1. The average Bonchev–Trinajstić information content (AvgIpc) is 2.87. The van der Waals surface area contributed by atoms with E-state index in [1.165, 1.54) is 30.6 Å². The van der Waals surface area contributed by atoms with Crippen LogP contribution < -0.4 is 15.0 Å². The molecule has 2 heterocycles. The molecule has 8 nitrogen and oxygen atoms in total. The molecule has 1 N–H and O–H groups in total. The fraction of sp³-hybridized carbons (Fsp3) is 0.250. The van der Waals surface area contributed by atoms with Crippen molar-refractivity contribution in [2.75, 3.05) is 7.11 Å². The van der Waals surface area contributed by atoms with Crippen LogP contribution in [-0.2, 0) is 6.61 Å². The fourth-order valence-corrected chi connectivity index (χ4v) is 3.45. The normalized spacial score (nSPS) is 10.8. The van der Waals surface area contributed by atoms with Gasteiger partial charge < -0.3 is 14.5 Å². The lowest BCUT2D eigenvalue weighted by molar-refractivity contribution is -0.386. The minimum atomic E-state index is -0.552. The molecule has 0 fully saturated rings. The summed E-state index contributed by atoms with van der Waals surface area (Å²) in [4.78, 5) is 31.6. The average molecular weight is 361 g/mol. The van der Waals surface area contributed by atoms with Crippen molar-refractivity contribution in [2.24, 2.45) is 0 Å². The van der Waals surface area contributed by atoms with Crippen molar-refractivity contribution in [3.05, 3.63) is 54.9 Å². The van der Waals surface area contributed by atoms with Crippen molar-refractivity contribution in [1.29, 1.82) is 0 Å². The Labute approximate surface area is 146 Å². The van der Waals surface area contributed by atoms with Gasteiger partial charge in [0, 0.05) is 4.88 Å². The second kappa shape index (κ2) is 6.52. The van der Waals surface area contributed by atoms with Gasteiger partial charge >= 0.3 is 5.69 Å². The number of nitrogens with zero attached hydrogens (tertiary/aromatic N) is 2. The molecule has 25 heavy (non-hydrogen) atoms. The summed E-state index contributed by atoms with van der Waals surface area (Å²) in [6, 6.07) is 4.29. The van der Waals surface area contributed by atoms with Gasteiger partial charge in [-0.15, -0.1) is 11.3 Å². The van der Waals surface area contributed by atoms with Crippen molar-refractivity contribution in [2.45, 2.75) is 20.5 Å². The summed E-state index contributed by atoms with van der Waals surface area (Å²) >= 11 is 1.43. The Kier molecular flexibility index (Phi) is 4.41. The summed E-state index contributed by atoms with van der Waals surface area (Å²) in [5, 5.41) is 11.7. The van der Waals surface area contributed by atoms with Gasteiger partial charge in [-0.2, -0.15) is 0 Å². The Morgan fingerprint density at radius 1 is 1.36 bits per heavy atom. The van der Waals surface area contributed by atoms with Crippen molar-refractivity contribution in [3.8, 4) is 11.5 Å².